The first-order chi connectivity index (χ1) is 9.56. The number of nitrogens with zero attached hydrogens (tertiary/aromatic N) is 1. The first-order valence-corrected chi connectivity index (χ1v) is 6.27. The predicted molar refractivity (Wildman–Crippen MR) is 80.9 cm³/mol. The van der Waals surface area contributed by atoms with E-state index in [4.69, 9.17) is 22.7 Å². The molecule has 6 heteroatoms. The molecule has 1 heterocycles. The molecule has 1 aromatic carbocycles. The molecule has 1 aromatic heterocycles. The molecule has 0 unspecified atom stereocenters. The third kappa shape index (κ3) is 3.52. The quantitative estimate of drug-likeness (QED) is 0.845. The Morgan fingerprint density at radius 1 is 1.30 bits per heavy atom. The summed E-state index contributed by atoms with van der Waals surface area (Å²) in [5, 5.41) is 2.70. The largest absolute Gasteiger partial charge is 0.454 e. The Bertz CT molecular complexity index is 641. The van der Waals surface area contributed by atoms with Gasteiger partial charge in [-0.05, 0) is 24.3 Å². The molecule has 0 aliphatic carbocycles. The van der Waals surface area contributed by atoms with Crippen LogP contribution in [0, 0.1) is 0 Å². The fourth-order valence-corrected chi connectivity index (χ4v) is 1.68. The highest BCUT2D eigenvalue weighted by atomic mass is 32.1. The maximum Gasteiger partial charge on any atom is 0.221 e. The molecule has 0 fully saturated rings. The van der Waals surface area contributed by atoms with Gasteiger partial charge in [0.25, 0.3) is 0 Å². The number of anilines is 1. The van der Waals surface area contributed by atoms with Crippen molar-refractivity contribution in [3.63, 3.8) is 0 Å². The summed E-state index contributed by atoms with van der Waals surface area (Å²) in [6.07, 6.45) is 1.53. The third-order valence-corrected chi connectivity index (χ3v) is 2.62. The van der Waals surface area contributed by atoms with Gasteiger partial charge in [-0.15, -0.1) is 0 Å². The van der Waals surface area contributed by atoms with Crippen LogP contribution in [0.25, 0.3) is 0 Å². The van der Waals surface area contributed by atoms with Gasteiger partial charge in [-0.3, -0.25) is 4.79 Å². The summed E-state index contributed by atoms with van der Waals surface area (Å²) in [4.78, 5) is 15.4. The number of carbonyl (C=O) groups excluding carboxylic acids is 1. The van der Waals surface area contributed by atoms with Crippen molar-refractivity contribution in [3.05, 3.63) is 48.3 Å². The van der Waals surface area contributed by atoms with Crippen LogP contribution in [0.15, 0.2) is 42.6 Å². The molecule has 0 bridgehead atoms. The first kappa shape index (κ1) is 14.0. The molecule has 0 saturated carbocycles. The Hall–Kier alpha value is -2.47. The molecule has 3 N–H and O–H groups in total. The van der Waals surface area contributed by atoms with Gasteiger partial charge in [0.05, 0.1) is 17.6 Å². The Morgan fingerprint density at radius 3 is 2.65 bits per heavy atom. The van der Waals surface area contributed by atoms with Crippen LogP contribution < -0.4 is 15.8 Å². The number of thiocarbonyl (C=S) groups is 1. The van der Waals surface area contributed by atoms with Crippen LogP contribution in [0.5, 0.6) is 11.5 Å². The lowest BCUT2D eigenvalue weighted by atomic mass is 10.3. The van der Waals surface area contributed by atoms with Crippen molar-refractivity contribution in [3.8, 4) is 11.5 Å². The number of benzene rings is 1. The molecule has 20 heavy (non-hydrogen) atoms. The number of carbonyl (C=O) groups is 1. The molecule has 0 aliphatic rings. The highest BCUT2D eigenvalue weighted by molar-refractivity contribution is 7.80. The zero-order valence-electron chi connectivity index (χ0n) is 10.8. The lowest BCUT2D eigenvalue weighted by Gasteiger charge is -2.11. The average Bonchev–Trinajstić information content (AvgIpc) is 2.41. The van der Waals surface area contributed by atoms with E-state index in [1.165, 1.54) is 13.1 Å². The van der Waals surface area contributed by atoms with Gasteiger partial charge >= 0.3 is 0 Å². The van der Waals surface area contributed by atoms with Crippen molar-refractivity contribution in [2.24, 2.45) is 5.73 Å². The minimum absolute atomic E-state index is 0.164. The molecule has 0 radical (unpaired) electrons. The van der Waals surface area contributed by atoms with Gasteiger partial charge in [-0.2, -0.15) is 0 Å². The second-order valence-corrected chi connectivity index (χ2v) is 4.46. The van der Waals surface area contributed by atoms with E-state index >= 15 is 0 Å². The highest BCUT2D eigenvalue weighted by Crippen LogP contribution is 2.28. The summed E-state index contributed by atoms with van der Waals surface area (Å²) >= 11 is 4.83. The van der Waals surface area contributed by atoms with Crippen LogP contribution in [0.2, 0.25) is 0 Å². The lowest BCUT2D eigenvalue weighted by molar-refractivity contribution is -0.114. The fraction of sp³-hybridized carbons (Fsp3) is 0.0714. The maximum absolute atomic E-state index is 11.1. The van der Waals surface area contributed by atoms with E-state index in [9.17, 15) is 4.79 Å². The third-order valence-electron chi connectivity index (χ3n) is 2.41. The van der Waals surface area contributed by atoms with E-state index in [2.05, 4.69) is 10.3 Å². The molecule has 2 aromatic rings. The van der Waals surface area contributed by atoms with E-state index in [1.807, 2.05) is 12.1 Å². The summed E-state index contributed by atoms with van der Waals surface area (Å²) in [5.41, 5.74) is 6.60. The smallest absolute Gasteiger partial charge is 0.221 e. The van der Waals surface area contributed by atoms with Gasteiger partial charge in [0.2, 0.25) is 5.91 Å². The monoisotopic (exact) mass is 287 g/mol. The number of aromatic nitrogens is 1. The van der Waals surface area contributed by atoms with Gasteiger partial charge in [0, 0.05) is 6.92 Å². The summed E-state index contributed by atoms with van der Waals surface area (Å²) in [6.45, 7) is 1.44. The molecular weight excluding hydrogens is 274 g/mol. The Morgan fingerprint density at radius 2 is 2.05 bits per heavy atom. The summed E-state index contributed by atoms with van der Waals surface area (Å²) in [7, 11) is 0. The van der Waals surface area contributed by atoms with Crippen LogP contribution in [-0.4, -0.2) is 15.9 Å². The van der Waals surface area contributed by atoms with Crippen molar-refractivity contribution in [2.75, 3.05) is 5.32 Å². The van der Waals surface area contributed by atoms with Gasteiger partial charge in [-0.1, -0.05) is 24.4 Å². The van der Waals surface area contributed by atoms with Crippen molar-refractivity contribution in [1.29, 1.82) is 0 Å². The number of para-hydroxylation sites is 2. The lowest BCUT2D eigenvalue weighted by Crippen LogP contribution is -2.11. The number of ether oxygens (including phenoxy) is 1. The molecule has 1 amide bonds. The Balaban J connectivity index is 2.21. The zero-order valence-corrected chi connectivity index (χ0v) is 11.6. The van der Waals surface area contributed by atoms with Gasteiger partial charge in [-0.25, -0.2) is 4.98 Å². The molecule has 5 nitrogen and oxygen atoms in total. The van der Waals surface area contributed by atoms with Crippen LogP contribution >= 0.6 is 12.2 Å². The van der Waals surface area contributed by atoms with Gasteiger partial charge in [0.1, 0.15) is 10.7 Å². The normalized spacial score (nSPS) is 9.85. The highest BCUT2D eigenvalue weighted by Gasteiger charge is 2.06. The Labute approximate surface area is 121 Å². The first-order valence-electron chi connectivity index (χ1n) is 5.86. The summed E-state index contributed by atoms with van der Waals surface area (Å²) in [6, 6.07) is 10.5. The molecule has 0 atom stereocenters. The number of amides is 1. The number of hydrogen-bond acceptors (Lipinski definition) is 4. The summed E-state index contributed by atoms with van der Waals surface area (Å²) < 4.78 is 5.68. The van der Waals surface area contributed by atoms with Crippen LogP contribution in [0.3, 0.4) is 0 Å². The topological polar surface area (TPSA) is 77.2 Å². The average molecular weight is 287 g/mol. The van der Waals surface area contributed by atoms with Gasteiger partial charge < -0.3 is 15.8 Å². The minimum atomic E-state index is -0.164. The van der Waals surface area contributed by atoms with E-state index in [1.54, 1.807) is 24.3 Å². The van der Waals surface area contributed by atoms with Crippen molar-refractivity contribution < 1.29 is 9.53 Å². The number of rotatable bonds is 4. The van der Waals surface area contributed by atoms with Crippen molar-refractivity contribution >= 4 is 28.8 Å². The van der Waals surface area contributed by atoms with E-state index in [0.29, 0.717) is 22.9 Å². The molecule has 2 rings (SSSR count). The molecule has 0 saturated heterocycles. The van der Waals surface area contributed by atoms with Crippen LogP contribution in [-0.2, 0) is 4.79 Å². The molecule has 0 spiro atoms. The minimum Gasteiger partial charge on any atom is -0.454 e. The predicted octanol–water partition coefficient (Wildman–Crippen LogP) is 2.47. The molecular formula is C14H13N3O2S. The fourth-order valence-electron chi connectivity index (χ4n) is 1.56. The van der Waals surface area contributed by atoms with E-state index < -0.39 is 0 Å². The SMILES string of the molecule is CC(=O)Nc1ccccc1Oc1ccc(C(N)=S)nc1. The maximum atomic E-state index is 11.1. The van der Waals surface area contributed by atoms with Gasteiger partial charge in [0.15, 0.2) is 5.75 Å². The standard InChI is InChI=1S/C14H13N3O2S/c1-9(18)17-11-4-2-3-5-13(11)19-10-6-7-12(14(15)20)16-8-10/h2-8H,1H3,(H2,15,20)(H,17,18). The summed E-state index contributed by atoms with van der Waals surface area (Å²) in [5.74, 6) is 0.901. The number of nitrogens with two attached hydrogens (primary N) is 1. The Kier molecular flexibility index (Phi) is 4.27. The van der Waals surface area contributed by atoms with E-state index in [-0.39, 0.29) is 10.9 Å². The molecule has 0 aliphatic heterocycles. The van der Waals surface area contributed by atoms with Crippen LogP contribution in [0.4, 0.5) is 5.69 Å². The second kappa shape index (κ2) is 6.12. The number of hydrogen-bond donors (Lipinski definition) is 2. The number of nitrogens with one attached hydrogen (secondary N) is 1. The number of pyridine rings is 1. The zero-order chi connectivity index (χ0) is 14.5. The molecule has 102 valence electrons. The second-order valence-electron chi connectivity index (χ2n) is 4.02. The van der Waals surface area contributed by atoms with E-state index in [0.717, 1.165) is 0 Å². The van der Waals surface area contributed by atoms with Crippen molar-refractivity contribution in [1.82, 2.24) is 4.98 Å². The van der Waals surface area contributed by atoms with Crippen molar-refractivity contribution in [2.45, 2.75) is 6.92 Å². The van der Waals surface area contributed by atoms with Crippen LogP contribution in [0.1, 0.15) is 12.6 Å².